The summed E-state index contributed by atoms with van der Waals surface area (Å²) in [7, 11) is 0. The zero-order valence-corrected chi connectivity index (χ0v) is 20.2. The zero-order chi connectivity index (χ0) is 24.7. The van der Waals surface area contributed by atoms with Crippen molar-refractivity contribution in [2.24, 2.45) is 10.4 Å². The summed E-state index contributed by atoms with van der Waals surface area (Å²) in [4.78, 5) is 36.1. The first-order valence-electron chi connectivity index (χ1n) is 11.2. The standard InChI is InChI=1S/C22H29F2N5O4S/c1-4-33-19(30)13-9-26-17(18-25-6-8-34-18)27-14(13)10-29-12-22(23,24)16-15(29)5-7-28(16)11-21(2,3)20(31)32/h6,8,15-16H,4-5,7,9-12H2,1-3H3,(H,26,27)(H,31,32). The number of aliphatic imine (C=N–C) groups is 1. The van der Waals surface area contributed by atoms with E-state index in [1.54, 1.807) is 42.1 Å². The van der Waals surface area contributed by atoms with Crippen molar-refractivity contribution in [3.63, 3.8) is 0 Å². The van der Waals surface area contributed by atoms with Gasteiger partial charge < -0.3 is 15.2 Å². The molecule has 186 valence electrons. The molecule has 0 aromatic carbocycles. The van der Waals surface area contributed by atoms with Crippen LogP contribution in [0.3, 0.4) is 0 Å². The molecule has 3 aliphatic heterocycles. The van der Waals surface area contributed by atoms with Crippen LogP contribution in [-0.2, 0) is 14.3 Å². The molecule has 34 heavy (non-hydrogen) atoms. The lowest BCUT2D eigenvalue weighted by Gasteiger charge is -2.33. The van der Waals surface area contributed by atoms with Crippen LogP contribution in [0.1, 0.15) is 32.2 Å². The number of hydrogen-bond acceptors (Lipinski definition) is 9. The highest BCUT2D eigenvalue weighted by Crippen LogP contribution is 2.43. The number of likely N-dealkylation sites (tertiary alicyclic amines) is 2. The van der Waals surface area contributed by atoms with E-state index in [0.717, 1.165) is 0 Å². The molecule has 1 aromatic rings. The minimum Gasteiger partial charge on any atom is -0.481 e. The molecule has 0 radical (unpaired) electrons. The summed E-state index contributed by atoms with van der Waals surface area (Å²) in [5, 5.41) is 15.1. The molecule has 2 unspecified atom stereocenters. The number of amidine groups is 1. The van der Waals surface area contributed by atoms with E-state index in [1.165, 1.54) is 11.3 Å². The van der Waals surface area contributed by atoms with Crippen molar-refractivity contribution in [2.75, 3.05) is 39.3 Å². The number of esters is 1. The Hall–Kier alpha value is -2.44. The van der Waals surface area contributed by atoms with E-state index in [1.807, 2.05) is 0 Å². The first-order valence-corrected chi connectivity index (χ1v) is 12.1. The molecule has 3 aliphatic rings. The second-order valence-corrected chi connectivity index (χ2v) is 10.3. The highest BCUT2D eigenvalue weighted by atomic mass is 32.1. The number of alkyl halides is 2. The van der Waals surface area contributed by atoms with Crippen molar-refractivity contribution in [3.05, 3.63) is 27.9 Å². The number of rotatable bonds is 8. The number of fused-ring (bicyclic) bond motifs is 1. The predicted molar refractivity (Wildman–Crippen MR) is 122 cm³/mol. The molecule has 4 rings (SSSR count). The number of thiazole rings is 1. The Kier molecular flexibility index (Phi) is 6.76. The van der Waals surface area contributed by atoms with E-state index < -0.39 is 41.9 Å². The zero-order valence-electron chi connectivity index (χ0n) is 19.4. The average molecular weight is 498 g/mol. The van der Waals surface area contributed by atoms with Gasteiger partial charge in [-0.15, -0.1) is 11.3 Å². The van der Waals surface area contributed by atoms with Gasteiger partial charge in [0, 0.05) is 43.0 Å². The average Bonchev–Trinajstić information content (AvgIpc) is 3.47. The summed E-state index contributed by atoms with van der Waals surface area (Å²) in [6.45, 7) is 5.14. The van der Waals surface area contributed by atoms with Crippen molar-refractivity contribution < 1.29 is 28.2 Å². The topological polar surface area (TPSA) is 107 Å². The van der Waals surface area contributed by atoms with Crippen LogP contribution in [0, 0.1) is 5.41 Å². The number of halogens is 2. The third kappa shape index (κ3) is 4.71. The minimum absolute atomic E-state index is 0.0444. The molecule has 2 N–H and O–H groups in total. The van der Waals surface area contributed by atoms with Crippen LogP contribution in [0.15, 0.2) is 27.8 Å². The van der Waals surface area contributed by atoms with Gasteiger partial charge in [0.1, 0.15) is 0 Å². The van der Waals surface area contributed by atoms with E-state index in [4.69, 9.17) is 4.74 Å². The second-order valence-electron chi connectivity index (χ2n) is 9.43. The SMILES string of the molecule is CCOC(=O)C1=C(CN2CC(F)(F)C3C2CCN3CC(C)(C)C(=O)O)NC(c2nccs2)=NC1. The summed E-state index contributed by atoms with van der Waals surface area (Å²) in [6, 6.07) is -1.53. The van der Waals surface area contributed by atoms with Gasteiger partial charge in [-0.2, -0.15) is 0 Å². The second kappa shape index (κ2) is 9.31. The van der Waals surface area contributed by atoms with E-state index in [9.17, 15) is 14.7 Å². The number of carbonyl (C=O) groups is 2. The van der Waals surface area contributed by atoms with Crippen molar-refractivity contribution in [3.8, 4) is 0 Å². The van der Waals surface area contributed by atoms with Crippen LogP contribution in [0.4, 0.5) is 8.78 Å². The van der Waals surface area contributed by atoms with E-state index in [0.29, 0.717) is 35.1 Å². The highest BCUT2D eigenvalue weighted by molar-refractivity contribution is 7.11. The molecule has 0 saturated carbocycles. The summed E-state index contributed by atoms with van der Waals surface area (Å²) in [5.41, 5.74) is -0.336. The molecule has 4 heterocycles. The molecular weight excluding hydrogens is 468 g/mol. The van der Waals surface area contributed by atoms with Crippen LogP contribution in [0.2, 0.25) is 0 Å². The Morgan fingerprint density at radius 2 is 2.15 bits per heavy atom. The number of nitrogens with one attached hydrogen (secondary N) is 1. The Balaban J connectivity index is 1.56. The van der Waals surface area contributed by atoms with Gasteiger partial charge in [-0.25, -0.2) is 18.6 Å². The van der Waals surface area contributed by atoms with Crippen LogP contribution in [-0.4, -0.2) is 95.0 Å². The lowest BCUT2D eigenvalue weighted by Crippen LogP contribution is -2.49. The Labute approximate surface area is 200 Å². The number of carbonyl (C=O) groups excluding carboxylic acids is 1. The Morgan fingerprint density at radius 3 is 2.79 bits per heavy atom. The fourth-order valence-electron chi connectivity index (χ4n) is 4.89. The highest BCUT2D eigenvalue weighted by Gasteiger charge is 2.60. The molecule has 2 saturated heterocycles. The van der Waals surface area contributed by atoms with Gasteiger partial charge >= 0.3 is 11.9 Å². The van der Waals surface area contributed by atoms with Gasteiger partial charge in [-0.05, 0) is 27.2 Å². The van der Waals surface area contributed by atoms with Crippen molar-refractivity contribution in [1.82, 2.24) is 20.1 Å². The number of nitrogens with zero attached hydrogens (tertiary/aromatic N) is 4. The molecule has 2 fully saturated rings. The third-order valence-electron chi connectivity index (χ3n) is 6.51. The van der Waals surface area contributed by atoms with Gasteiger partial charge in [0.15, 0.2) is 10.8 Å². The summed E-state index contributed by atoms with van der Waals surface area (Å²) >= 11 is 1.39. The van der Waals surface area contributed by atoms with Gasteiger partial charge in [0.25, 0.3) is 5.92 Å². The van der Waals surface area contributed by atoms with Crippen molar-refractivity contribution in [2.45, 2.75) is 45.2 Å². The fraction of sp³-hybridized carbons (Fsp3) is 0.636. The lowest BCUT2D eigenvalue weighted by molar-refractivity contribution is -0.149. The minimum atomic E-state index is -3.01. The first-order chi connectivity index (χ1) is 16.0. The quantitative estimate of drug-likeness (QED) is 0.524. The van der Waals surface area contributed by atoms with Crippen LogP contribution in [0.25, 0.3) is 0 Å². The van der Waals surface area contributed by atoms with E-state index in [2.05, 4.69) is 15.3 Å². The van der Waals surface area contributed by atoms with Crippen molar-refractivity contribution in [1.29, 1.82) is 0 Å². The van der Waals surface area contributed by atoms with Crippen LogP contribution < -0.4 is 5.32 Å². The summed E-state index contributed by atoms with van der Waals surface area (Å²) < 4.78 is 35.6. The molecule has 2 atom stereocenters. The normalized spacial score (nSPS) is 25.1. The number of carboxylic acid groups (broad SMARTS) is 1. The molecule has 12 heteroatoms. The number of carboxylic acids is 1. The Bertz CT molecular complexity index is 1010. The van der Waals surface area contributed by atoms with E-state index in [-0.39, 0.29) is 26.2 Å². The van der Waals surface area contributed by atoms with Crippen molar-refractivity contribution >= 4 is 29.1 Å². The number of aliphatic carboxylic acids is 1. The van der Waals surface area contributed by atoms with Gasteiger partial charge in [-0.1, -0.05) is 0 Å². The number of aromatic nitrogens is 1. The van der Waals surface area contributed by atoms with Crippen LogP contribution in [0.5, 0.6) is 0 Å². The molecule has 1 aromatic heterocycles. The summed E-state index contributed by atoms with van der Waals surface area (Å²) in [5.74, 6) is -4.05. The lowest BCUT2D eigenvalue weighted by atomic mass is 9.92. The Morgan fingerprint density at radius 1 is 1.38 bits per heavy atom. The molecule has 0 amide bonds. The van der Waals surface area contributed by atoms with Crippen LogP contribution >= 0.6 is 11.3 Å². The monoisotopic (exact) mass is 497 g/mol. The van der Waals surface area contributed by atoms with E-state index >= 15 is 8.78 Å². The maximum absolute atomic E-state index is 15.2. The molecule has 9 nitrogen and oxygen atoms in total. The van der Waals surface area contributed by atoms with Gasteiger partial charge in [0.05, 0.1) is 36.7 Å². The smallest absolute Gasteiger partial charge is 0.337 e. The molecular formula is C22H29F2N5O4S. The summed E-state index contributed by atoms with van der Waals surface area (Å²) in [6.07, 6.45) is 2.14. The maximum Gasteiger partial charge on any atom is 0.337 e. The number of ether oxygens (including phenoxy) is 1. The number of hydrogen-bond donors (Lipinski definition) is 2. The molecule has 0 aliphatic carbocycles. The molecule has 0 spiro atoms. The first kappa shape index (κ1) is 24.7. The van der Waals surface area contributed by atoms with Gasteiger partial charge in [-0.3, -0.25) is 19.6 Å². The predicted octanol–water partition coefficient (Wildman–Crippen LogP) is 1.81. The maximum atomic E-state index is 15.2. The van der Waals surface area contributed by atoms with Gasteiger partial charge in [0.2, 0.25) is 0 Å². The third-order valence-corrected chi connectivity index (χ3v) is 7.29. The largest absolute Gasteiger partial charge is 0.481 e. The fourth-order valence-corrected chi connectivity index (χ4v) is 5.49. The molecule has 0 bridgehead atoms.